The van der Waals surface area contributed by atoms with Crippen molar-refractivity contribution in [2.24, 2.45) is 5.92 Å². The Morgan fingerprint density at radius 3 is 2.67 bits per heavy atom. The van der Waals surface area contributed by atoms with Crippen LogP contribution in [0, 0.1) is 5.92 Å². The zero-order valence-electron chi connectivity index (χ0n) is 14.5. The van der Waals surface area contributed by atoms with Gasteiger partial charge in [-0.25, -0.2) is 9.78 Å². The molecule has 24 heavy (non-hydrogen) atoms. The molecule has 1 aliphatic rings. The van der Waals surface area contributed by atoms with Crippen molar-refractivity contribution >= 4 is 39.4 Å². The van der Waals surface area contributed by atoms with E-state index in [0.29, 0.717) is 24.8 Å². The minimum atomic E-state index is -0.457. The van der Waals surface area contributed by atoms with E-state index in [1.165, 1.54) is 0 Å². The van der Waals surface area contributed by atoms with Crippen LogP contribution in [0.2, 0.25) is 5.28 Å². The Balaban J connectivity index is 1.87. The highest BCUT2D eigenvalue weighted by Gasteiger charge is 2.29. The van der Waals surface area contributed by atoms with Crippen molar-refractivity contribution in [3.63, 3.8) is 0 Å². The third kappa shape index (κ3) is 5.48. The molecule has 134 valence electrons. The number of hydrogen-bond acceptors (Lipinski definition) is 5. The number of ether oxygens (including phenoxy) is 1. The molecule has 1 aromatic heterocycles. The Kier molecular flexibility index (Phi) is 6.31. The molecule has 2 rings (SSSR count). The first kappa shape index (κ1) is 19.2. The van der Waals surface area contributed by atoms with E-state index in [9.17, 15) is 4.79 Å². The number of carbonyl (C=O) groups excluding carboxylic acids is 1. The van der Waals surface area contributed by atoms with E-state index < -0.39 is 5.60 Å². The number of nitrogens with one attached hydrogen (secondary N) is 1. The van der Waals surface area contributed by atoms with Gasteiger partial charge in [-0.3, -0.25) is 0 Å². The maximum absolute atomic E-state index is 12.1. The van der Waals surface area contributed by atoms with E-state index in [-0.39, 0.29) is 17.4 Å². The van der Waals surface area contributed by atoms with Crippen LogP contribution in [0.5, 0.6) is 0 Å². The second-order valence-corrected chi connectivity index (χ2v) is 8.27. The lowest BCUT2D eigenvalue weighted by Gasteiger charge is -2.36. The molecular formula is C16H24BrClN4O2. The summed E-state index contributed by atoms with van der Waals surface area (Å²) in [6, 6.07) is 0.216. The second kappa shape index (κ2) is 7.87. The van der Waals surface area contributed by atoms with Gasteiger partial charge in [0.15, 0.2) is 0 Å². The average Bonchev–Trinajstić information content (AvgIpc) is 2.49. The van der Waals surface area contributed by atoms with Crippen LogP contribution >= 0.6 is 27.5 Å². The molecule has 0 radical (unpaired) electrons. The van der Waals surface area contributed by atoms with Gasteiger partial charge in [0, 0.05) is 25.3 Å². The van der Waals surface area contributed by atoms with Gasteiger partial charge in [0.1, 0.15) is 11.4 Å². The zero-order valence-corrected chi connectivity index (χ0v) is 16.8. The Bertz CT molecular complexity index is 586. The minimum absolute atomic E-state index is 0.215. The van der Waals surface area contributed by atoms with Gasteiger partial charge >= 0.3 is 6.09 Å². The lowest BCUT2D eigenvalue weighted by atomic mass is 9.90. The molecule has 2 heterocycles. The summed E-state index contributed by atoms with van der Waals surface area (Å²) in [7, 11) is 0. The number of piperidine rings is 1. The Morgan fingerprint density at radius 2 is 2.08 bits per heavy atom. The van der Waals surface area contributed by atoms with Gasteiger partial charge in [-0.2, -0.15) is 4.98 Å². The number of rotatable bonds is 3. The summed E-state index contributed by atoms with van der Waals surface area (Å²) in [6.45, 7) is 9.18. The van der Waals surface area contributed by atoms with Crippen LogP contribution in [-0.4, -0.2) is 45.7 Å². The SMILES string of the molecule is CC(Nc1nc(Cl)ncc1Br)C1CCN(C(=O)OC(C)(C)C)CC1. The first-order valence-electron chi connectivity index (χ1n) is 8.08. The quantitative estimate of drug-likeness (QED) is 0.738. The molecule has 1 fully saturated rings. The third-order valence-electron chi connectivity index (χ3n) is 3.98. The summed E-state index contributed by atoms with van der Waals surface area (Å²) in [5.74, 6) is 1.14. The Hall–Kier alpha value is -1.08. The second-order valence-electron chi connectivity index (χ2n) is 7.07. The van der Waals surface area contributed by atoms with E-state index >= 15 is 0 Å². The summed E-state index contributed by atoms with van der Waals surface area (Å²) in [6.07, 6.45) is 3.25. The fourth-order valence-electron chi connectivity index (χ4n) is 2.69. The van der Waals surface area contributed by atoms with Crippen LogP contribution in [0.3, 0.4) is 0 Å². The summed E-state index contributed by atoms with van der Waals surface area (Å²) in [4.78, 5) is 22.0. The van der Waals surface area contributed by atoms with Crippen LogP contribution in [0.15, 0.2) is 10.7 Å². The number of amides is 1. The van der Waals surface area contributed by atoms with Crippen molar-refractivity contribution in [3.05, 3.63) is 16.0 Å². The molecule has 1 atom stereocenters. The molecule has 0 aliphatic carbocycles. The van der Waals surface area contributed by atoms with Crippen LogP contribution in [-0.2, 0) is 4.74 Å². The molecule has 1 amide bonds. The van der Waals surface area contributed by atoms with Gasteiger partial charge in [-0.15, -0.1) is 0 Å². The molecule has 1 aromatic rings. The highest BCUT2D eigenvalue weighted by Crippen LogP contribution is 2.27. The van der Waals surface area contributed by atoms with Crippen molar-refractivity contribution in [3.8, 4) is 0 Å². The molecule has 1 N–H and O–H groups in total. The average molecular weight is 420 g/mol. The van der Waals surface area contributed by atoms with E-state index in [4.69, 9.17) is 16.3 Å². The number of aromatic nitrogens is 2. The lowest BCUT2D eigenvalue weighted by Crippen LogP contribution is -2.44. The lowest BCUT2D eigenvalue weighted by molar-refractivity contribution is 0.0179. The van der Waals surface area contributed by atoms with Crippen LogP contribution < -0.4 is 5.32 Å². The molecule has 1 aliphatic heterocycles. The summed E-state index contributed by atoms with van der Waals surface area (Å²) in [5.41, 5.74) is -0.457. The van der Waals surface area contributed by atoms with Crippen molar-refractivity contribution in [2.45, 2.75) is 52.2 Å². The van der Waals surface area contributed by atoms with Crippen LogP contribution in [0.1, 0.15) is 40.5 Å². The first-order chi connectivity index (χ1) is 11.2. The maximum Gasteiger partial charge on any atom is 0.410 e. The molecule has 1 saturated heterocycles. The number of anilines is 1. The fraction of sp³-hybridized carbons (Fsp3) is 0.688. The summed E-state index contributed by atoms with van der Waals surface area (Å²) >= 11 is 9.28. The maximum atomic E-state index is 12.1. The molecule has 0 aromatic carbocycles. The summed E-state index contributed by atoms with van der Waals surface area (Å²) < 4.78 is 6.21. The normalized spacial score (nSPS) is 17.5. The topological polar surface area (TPSA) is 67.4 Å². The zero-order chi connectivity index (χ0) is 17.9. The molecule has 1 unspecified atom stereocenters. The predicted molar refractivity (Wildman–Crippen MR) is 98.4 cm³/mol. The van der Waals surface area contributed by atoms with E-state index in [1.807, 2.05) is 20.8 Å². The molecular weight excluding hydrogens is 396 g/mol. The molecule has 0 bridgehead atoms. The molecule has 0 saturated carbocycles. The van der Waals surface area contributed by atoms with Crippen LogP contribution in [0.4, 0.5) is 10.6 Å². The smallest absolute Gasteiger partial charge is 0.410 e. The number of halogens is 2. The largest absolute Gasteiger partial charge is 0.444 e. The number of hydrogen-bond donors (Lipinski definition) is 1. The highest BCUT2D eigenvalue weighted by atomic mass is 79.9. The monoisotopic (exact) mass is 418 g/mol. The Morgan fingerprint density at radius 1 is 1.46 bits per heavy atom. The predicted octanol–water partition coefficient (Wildman–Crippen LogP) is 4.34. The standard InChI is InChI=1S/C16H24BrClN4O2/c1-10(20-13-12(17)9-19-14(18)21-13)11-5-7-22(8-6-11)15(23)24-16(2,3)4/h9-11H,5-8H2,1-4H3,(H,19,20,21). The van der Waals surface area contributed by atoms with Crippen molar-refractivity contribution in [1.82, 2.24) is 14.9 Å². The van der Waals surface area contributed by atoms with E-state index in [1.54, 1.807) is 11.1 Å². The van der Waals surface area contributed by atoms with Gasteiger partial charge in [0.25, 0.3) is 0 Å². The fourth-order valence-corrected chi connectivity index (χ4v) is 3.13. The molecule has 6 nitrogen and oxygen atoms in total. The Labute approximate surface area is 156 Å². The minimum Gasteiger partial charge on any atom is -0.444 e. The van der Waals surface area contributed by atoms with Crippen molar-refractivity contribution in [2.75, 3.05) is 18.4 Å². The molecule has 8 heteroatoms. The first-order valence-corrected chi connectivity index (χ1v) is 9.25. The van der Waals surface area contributed by atoms with Crippen molar-refractivity contribution < 1.29 is 9.53 Å². The number of carbonyl (C=O) groups is 1. The van der Waals surface area contributed by atoms with Gasteiger partial charge < -0.3 is 15.0 Å². The number of nitrogens with zero attached hydrogens (tertiary/aromatic N) is 3. The summed E-state index contributed by atoms with van der Waals surface area (Å²) in [5, 5.41) is 3.60. The van der Waals surface area contributed by atoms with Gasteiger partial charge in [0.2, 0.25) is 5.28 Å². The van der Waals surface area contributed by atoms with Crippen molar-refractivity contribution in [1.29, 1.82) is 0 Å². The van der Waals surface area contributed by atoms with Gasteiger partial charge in [-0.1, -0.05) is 0 Å². The highest BCUT2D eigenvalue weighted by molar-refractivity contribution is 9.10. The van der Waals surface area contributed by atoms with E-state index in [0.717, 1.165) is 17.3 Å². The van der Waals surface area contributed by atoms with E-state index in [2.05, 4.69) is 38.1 Å². The molecule has 0 spiro atoms. The van der Waals surface area contributed by atoms with Gasteiger partial charge in [0.05, 0.1) is 4.47 Å². The number of likely N-dealkylation sites (tertiary alicyclic amines) is 1. The third-order valence-corrected chi connectivity index (χ3v) is 4.74. The van der Waals surface area contributed by atoms with Gasteiger partial charge in [-0.05, 0) is 74.0 Å². The van der Waals surface area contributed by atoms with Crippen LogP contribution in [0.25, 0.3) is 0 Å².